The molecule has 2 heterocycles. The lowest BCUT2D eigenvalue weighted by Crippen LogP contribution is -2.33. The van der Waals surface area contributed by atoms with Crippen LogP contribution in [0.4, 0.5) is 0 Å². The van der Waals surface area contributed by atoms with Crippen molar-refractivity contribution in [3.05, 3.63) is 102 Å². The van der Waals surface area contributed by atoms with Gasteiger partial charge in [-0.3, -0.25) is 0 Å². The molecule has 1 spiro atoms. The van der Waals surface area contributed by atoms with Crippen LogP contribution in [0.3, 0.4) is 0 Å². The Morgan fingerprint density at radius 2 is 1.21 bits per heavy atom. The predicted molar refractivity (Wildman–Crippen MR) is 126 cm³/mol. The average Bonchev–Trinajstić information content (AvgIpc) is 3.06. The van der Waals surface area contributed by atoms with E-state index < -0.39 is 15.7 Å². The van der Waals surface area contributed by atoms with E-state index in [1.165, 1.54) is 0 Å². The molecular formula is C27H16O6S. The number of benzene rings is 5. The second-order valence-corrected chi connectivity index (χ2v) is 10.0. The van der Waals surface area contributed by atoms with Crippen LogP contribution < -0.4 is 4.74 Å². The highest BCUT2D eigenvalue weighted by Gasteiger charge is 2.56. The molecule has 7 rings (SSSR count). The second kappa shape index (κ2) is 6.28. The summed E-state index contributed by atoms with van der Waals surface area (Å²) in [6.45, 7) is 0. The summed E-state index contributed by atoms with van der Waals surface area (Å²) in [5, 5.41) is 22.9. The minimum Gasteiger partial charge on any atom is -0.508 e. The molecule has 0 aliphatic carbocycles. The summed E-state index contributed by atoms with van der Waals surface area (Å²) in [4.78, 5) is 0.116. The van der Waals surface area contributed by atoms with E-state index in [9.17, 15) is 18.6 Å². The van der Waals surface area contributed by atoms with Crippen LogP contribution >= 0.6 is 0 Å². The first kappa shape index (κ1) is 19.4. The van der Waals surface area contributed by atoms with E-state index in [1.54, 1.807) is 72.8 Å². The monoisotopic (exact) mass is 468 g/mol. The van der Waals surface area contributed by atoms with E-state index in [-0.39, 0.29) is 16.4 Å². The van der Waals surface area contributed by atoms with Gasteiger partial charge in [0.25, 0.3) is 10.1 Å². The Balaban J connectivity index is 1.68. The third kappa shape index (κ3) is 2.35. The lowest BCUT2D eigenvalue weighted by atomic mass is 9.76. The van der Waals surface area contributed by atoms with E-state index >= 15 is 0 Å². The van der Waals surface area contributed by atoms with Gasteiger partial charge >= 0.3 is 0 Å². The molecule has 0 aromatic heterocycles. The van der Waals surface area contributed by atoms with Crippen LogP contribution in [-0.4, -0.2) is 18.6 Å². The summed E-state index contributed by atoms with van der Waals surface area (Å²) in [6.07, 6.45) is 0. The third-order valence-corrected chi connectivity index (χ3v) is 8.01. The van der Waals surface area contributed by atoms with Crippen molar-refractivity contribution in [3.8, 4) is 23.0 Å². The SMILES string of the molecule is O=S1(=O)OC2(c3ccccc31)c1ccc3cc(O)ccc3c1Oc1c2ccc2cc(O)ccc12. The molecule has 0 radical (unpaired) electrons. The predicted octanol–water partition coefficient (Wildman–Crippen LogP) is 5.52. The molecule has 0 atom stereocenters. The van der Waals surface area contributed by atoms with E-state index in [4.69, 9.17) is 8.92 Å². The zero-order chi connectivity index (χ0) is 23.2. The fraction of sp³-hybridized carbons (Fsp3) is 0.0370. The van der Waals surface area contributed by atoms with Gasteiger partial charge in [-0.15, -0.1) is 0 Å². The van der Waals surface area contributed by atoms with Gasteiger partial charge in [0.05, 0.1) is 0 Å². The first-order valence-electron chi connectivity index (χ1n) is 10.6. The average molecular weight is 468 g/mol. The Kier molecular flexibility index (Phi) is 3.59. The summed E-state index contributed by atoms with van der Waals surface area (Å²) in [5.41, 5.74) is 0.183. The van der Waals surface area contributed by atoms with Crippen molar-refractivity contribution in [2.24, 2.45) is 0 Å². The summed E-state index contributed by atoms with van der Waals surface area (Å²) in [6, 6.07) is 23.9. The van der Waals surface area contributed by atoms with Crippen molar-refractivity contribution in [3.63, 3.8) is 0 Å². The number of hydrogen-bond acceptors (Lipinski definition) is 6. The van der Waals surface area contributed by atoms with Gasteiger partial charge in [0.15, 0.2) is 5.60 Å². The minimum absolute atomic E-state index is 0.115. The van der Waals surface area contributed by atoms with Crippen LogP contribution in [0.1, 0.15) is 16.7 Å². The van der Waals surface area contributed by atoms with Gasteiger partial charge in [-0.25, -0.2) is 4.18 Å². The Labute approximate surface area is 194 Å². The number of rotatable bonds is 0. The van der Waals surface area contributed by atoms with Gasteiger partial charge in [-0.05, 0) is 53.2 Å². The van der Waals surface area contributed by atoms with Gasteiger partial charge in [-0.2, -0.15) is 8.42 Å². The van der Waals surface area contributed by atoms with Crippen LogP contribution in [0.15, 0.2) is 89.8 Å². The third-order valence-electron chi connectivity index (χ3n) is 6.64. The molecule has 5 aromatic carbocycles. The number of phenols is 2. The van der Waals surface area contributed by atoms with Gasteiger partial charge in [0, 0.05) is 27.5 Å². The van der Waals surface area contributed by atoms with Gasteiger partial charge in [0.2, 0.25) is 0 Å². The molecule has 0 amide bonds. The van der Waals surface area contributed by atoms with Crippen molar-refractivity contribution >= 4 is 31.7 Å². The number of hydrogen-bond donors (Lipinski definition) is 2. The summed E-state index contributed by atoms with van der Waals surface area (Å²) < 4.78 is 39.0. The quantitative estimate of drug-likeness (QED) is 0.291. The van der Waals surface area contributed by atoms with Crippen LogP contribution in [0, 0.1) is 0 Å². The fourth-order valence-corrected chi connectivity index (χ4v) is 6.62. The molecule has 0 saturated carbocycles. The molecule has 2 aliphatic heterocycles. The molecule has 0 saturated heterocycles. The van der Waals surface area contributed by atoms with Crippen LogP contribution in [0.5, 0.6) is 23.0 Å². The van der Waals surface area contributed by atoms with Crippen molar-refractivity contribution in [2.75, 3.05) is 0 Å². The lowest BCUT2D eigenvalue weighted by molar-refractivity contribution is 0.165. The normalized spacial score (nSPS) is 16.7. The van der Waals surface area contributed by atoms with Crippen molar-refractivity contribution < 1.29 is 27.6 Å². The molecule has 0 fully saturated rings. The van der Waals surface area contributed by atoms with Gasteiger partial charge in [0.1, 0.15) is 27.9 Å². The Hall–Kier alpha value is -4.07. The number of phenolic OH excluding ortho intramolecular Hbond substituents is 2. The standard InChI is InChI=1S/C27H16O6S/c28-17-7-9-19-15(13-17)5-11-22-25(19)32-26-20-10-8-18(29)14-16(20)6-12-23(26)27(22)21-3-1-2-4-24(21)34(30,31)33-27/h1-14,28-29H. The maximum Gasteiger partial charge on any atom is 0.298 e. The number of fused-ring (bicyclic) bond motifs is 10. The maximum absolute atomic E-state index is 13.2. The molecule has 0 bridgehead atoms. The number of aromatic hydroxyl groups is 2. The van der Waals surface area contributed by atoms with E-state index in [1.807, 2.05) is 12.1 Å². The second-order valence-electron chi connectivity index (χ2n) is 8.51. The highest BCUT2D eigenvalue weighted by molar-refractivity contribution is 7.87. The van der Waals surface area contributed by atoms with Crippen LogP contribution in [-0.2, 0) is 19.9 Å². The number of ether oxygens (including phenoxy) is 1. The topological polar surface area (TPSA) is 93.1 Å². The van der Waals surface area contributed by atoms with E-state index in [0.29, 0.717) is 39.0 Å². The van der Waals surface area contributed by atoms with Crippen molar-refractivity contribution in [1.29, 1.82) is 0 Å². The lowest BCUT2D eigenvalue weighted by Gasteiger charge is -2.37. The highest BCUT2D eigenvalue weighted by atomic mass is 32.2. The summed E-state index contributed by atoms with van der Waals surface area (Å²) >= 11 is 0. The Morgan fingerprint density at radius 3 is 1.79 bits per heavy atom. The molecule has 7 heteroatoms. The molecule has 2 N–H and O–H groups in total. The minimum atomic E-state index is -4.05. The smallest absolute Gasteiger partial charge is 0.298 e. The summed E-state index contributed by atoms with van der Waals surface area (Å²) in [7, 11) is -4.05. The Morgan fingerprint density at radius 1 is 0.647 bits per heavy atom. The largest absolute Gasteiger partial charge is 0.508 e. The van der Waals surface area contributed by atoms with Crippen LogP contribution in [0.25, 0.3) is 21.5 Å². The van der Waals surface area contributed by atoms with Crippen LogP contribution in [0.2, 0.25) is 0 Å². The summed E-state index contributed by atoms with van der Waals surface area (Å²) in [5.74, 6) is 1.14. The van der Waals surface area contributed by atoms with E-state index in [2.05, 4.69) is 0 Å². The first-order chi connectivity index (χ1) is 16.4. The molecule has 2 aliphatic rings. The van der Waals surface area contributed by atoms with Crippen molar-refractivity contribution in [1.82, 2.24) is 0 Å². The fourth-order valence-electron chi connectivity index (χ4n) is 5.21. The van der Waals surface area contributed by atoms with E-state index in [0.717, 1.165) is 10.8 Å². The zero-order valence-electron chi connectivity index (χ0n) is 17.5. The van der Waals surface area contributed by atoms with Crippen molar-refractivity contribution in [2.45, 2.75) is 10.5 Å². The van der Waals surface area contributed by atoms with Gasteiger partial charge in [-0.1, -0.05) is 42.5 Å². The zero-order valence-corrected chi connectivity index (χ0v) is 18.3. The maximum atomic E-state index is 13.2. The van der Waals surface area contributed by atoms with Gasteiger partial charge < -0.3 is 14.9 Å². The molecule has 5 aromatic rings. The highest BCUT2D eigenvalue weighted by Crippen LogP contribution is 2.60. The molecule has 0 unspecified atom stereocenters. The molecule has 34 heavy (non-hydrogen) atoms. The molecule has 166 valence electrons. The first-order valence-corrected chi connectivity index (χ1v) is 12.0. The molecular weight excluding hydrogens is 452 g/mol. The Bertz CT molecular complexity index is 1710. The molecule has 6 nitrogen and oxygen atoms in total.